The number of H-pyrrole nitrogens is 1. The molecule has 1 aromatic carbocycles. The van der Waals surface area contributed by atoms with Gasteiger partial charge in [0.15, 0.2) is 5.82 Å². The average molecular weight is 394 g/mol. The molecule has 1 amide bonds. The quantitative estimate of drug-likeness (QED) is 0.865. The number of likely N-dealkylation sites (tertiary alicyclic amines) is 1. The first-order valence-electron chi connectivity index (χ1n) is 9.15. The Kier molecular flexibility index (Phi) is 5.81. The molecule has 0 atom stereocenters. The molecule has 0 aliphatic carbocycles. The maximum atomic E-state index is 12.8. The van der Waals surface area contributed by atoms with Crippen LogP contribution in [0.4, 0.5) is 13.2 Å². The number of halogens is 3. The predicted molar refractivity (Wildman–Crippen MR) is 96.4 cm³/mol. The van der Waals surface area contributed by atoms with Crippen molar-refractivity contribution >= 4 is 5.91 Å². The van der Waals surface area contributed by atoms with Gasteiger partial charge in [-0.15, -0.1) is 10.2 Å². The van der Waals surface area contributed by atoms with Crippen LogP contribution in [0, 0.1) is 5.92 Å². The fourth-order valence-electron chi connectivity index (χ4n) is 3.14. The van der Waals surface area contributed by atoms with Gasteiger partial charge in [0.1, 0.15) is 5.69 Å². The lowest BCUT2D eigenvalue weighted by molar-refractivity contribution is -0.137. The third-order valence-electron chi connectivity index (χ3n) is 4.94. The molecule has 1 aromatic heterocycles. The summed E-state index contributed by atoms with van der Waals surface area (Å²) in [5, 5.41) is 7.67. The number of carbonyl (C=O) groups excluding carboxylic acids is 1. The number of nitrogens with zero attached hydrogens (tertiary/aromatic N) is 3. The number of rotatable bonds is 4. The summed E-state index contributed by atoms with van der Waals surface area (Å²) < 4.78 is 38.5. The van der Waals surface area contributed by atoms with E-state index in [4.69, 9.17) is 0 Å². The SMILES string of the molecule is CC1CCN(C(=O)CCc2nnc(-c3cccc(C(F)(F)F)c3)[nH]c2=O)CC1. The van der Waals surface area contributed by atoms with E-state index >= 15 is 0 Å². The van der Waals surface area contributed by atoms with E-state index in [1.54, 1.807) is 4.90 Å². The van der Waals surface area contributed by atoms with Gasteiger partial charge in [-0.3, -0.25) is 9.59 Å². The largest absolute Gasteiger partial charge is 0.416 e. The van der Waals surface area contributed by atoms with E-state index in [0.717, 1.165) is 38.1 Å². The first-order valence-corrected chi connectivity index (χ1v) is 9.15. The molecule has 1 saturated heterocycles. The molecule has 0 bridgehead atoms. The van der Waals surface area contributed by atoms with E-state index in [1.165, 1.54) is 12.1 Å². The summed E-state index contributed by atoms with van der Waals surface area (Å²) in [6, 6.07) is 4.50. The van der Waals surface area contributed by atoms with Crippen LogP contribution < -0.4 is 5.56 Å². The van der Waals surface area contributed by atoms with E-state index in [9.17, 15) is 22.8 Å². The van der Waals surface area contributed by atoms with Gasteiger partial charge in [0.25, 0.3) is 5.56 Å². The fourth-order valence-corrected chi connectivity index (χ4v) is 3.14. The Hall–Kier alpha value is -2.71. The zero-order chi connectivity index (χ0) is 20.3. The van der Waals surface area contributed by atoms with E-state index in [0.29, 0.717) is 5.92 Å². The number of aromatic amines is 1. The Morgan fingerprint density at radius 3 is 2.61 bits per heavy atom. The normalized spacial score (nSPS) is 15.6. The van der Waals surface area contributed by atoms with E-state index < -0.39 is 17.3 Å². The van der Waals surface area contributed by atoms with Gasteiger partial charge in [0, 0.05) is 31.5 Å². The summed E-state index contributed by atoms with van der Waals surface area (Å²) in [7, 11) is 0. The molecule has 0 spiro atoms. The van der Waals surface area contributed by atoms with Crippen molar-refractivity contribution in [3.05, 3.63) is 45.9 Å². The monoisotopic (exact) mass is 394 g/mol. The smallest absolute Gasteiger partial charge is 0.343 e. The maximum Gasteiger partial charge on any atom is 0.416 e. The molecule has 2 aromatic rings. The second-order valence-corrected chi connectivity index (χ2v) is 7.09. The van der Waals surface area contributed by atoms with Gasteiger partial charge in [0.05, 0.1) is 5.56 Å². The summed E-state index contributed by atoms with van der Waals surface area (Å²) in [4.78, 5) is 28.7. The summed E-state index contributed by atoms with van der Waals surface area (Å²) in [5.74, 6) is 0.535. The molecule has 1 fully saturated rings. The number of piperidine rings is 1. The average Bonchev–Trinajstić information content (AvgIpc) is 2.67. The van der Waals surface area contributed by atoms with Crippen molar-refractivity contribution < 1.29 is 18.0 Å². The van der Waals surface area contributed by atoms with E-state index in [-0.39, 0.29) is 35.8 Å². The van der Waals surface area contributed by atoms with Gasteiger partial charge >= 0.3 is 6.18 Å². The number of nitrogens with one attached hydrogen (secondary N) is 1. The molecule has 9 heteroatoms. The highest BCUT2D eigenvalue weighted by Gasteiger charge is 2.30. The van der Waals surface area contributed by atoms with E-state index in [2.05, 4.69) is 22.1 Å². The lowest BCUT2D eigenvalue weighted by Gasteiger charge is -2.30. The van der Waals surface area contributed by atoms with Gasteiger partial charge in [-0.25, -0.2) is 0 Å². The van der Waals surface area contributed by atoms with Crippen LogP contribution in [0.5, 0.6) is 0 Å². The van der Waals surface area contributed by atoms with Crippen molar-refractivity contribution in [1.29, 1.82) is 0 Å². The molecule has 3 rings (SSSR count). The molecule has 1 aliphatic rings. The molecule has 0 saturated carbocycles. The summed E-state index contributed by atoms with van der Waals surface area (Å²) in [5.41, 5.74) is -1.18. The zero-order valence-electron chi connectivity index (χ0n) is 15.4. The molecule has 2 heterocycles. The Labute approximate surface area is 159 Å². The maximum absolute atomic E-state index is 12.8. The molecule has 6 nitrogen and oxygen atoms in total. The highest BCUT2D eigenvalue weighted by molar-refractivity contribution is 5.76. The van der Waals surface area contributed by atoms with Crippen molar-refractivity contribution in [3.63, 3.8) is 0 Å². The number of aryl methyl sites for hydroxylation is 1. The molecule has 150 valence electrons. The minimum Gasteiger partial charge on any atom is -0.343 e. The topological polar surface area (TPSA) is 79.0 Å². The summed E-state index contributed by atoms with van der Waals surface area (Å²) >= 11 is 0. The van der Waals surface area contributed by atoms with Crippen molar-refractivity contribution in [2.75, 3.05) is 13.1 Å². The molecule has 1 N–H and O–H groups in total. The molecule has 28 heavy (non-hydrogen) atoms. The van der Waals surface area contributed by atoms with Gasteiger partial charge in [-0.1, -0.05) is 19.1 Å². The minimum absolute atomic E-state index is 0.0324. The lowest BCUT2D eigenvalue weighted by atomic mass is 9.99. The van der Waals surface area contributed by atoms with Crippen molar-refractivity contribution in [2.45, 2.75) is 38.8 Å². The number of aromatic nitrogens is 3. The predicted octanol–water partition coefficient (Wildman–Crippen LogP) is 3.04. The Morgan fingerprint density at radius 2 is 1.96 bits per heavy atom. The number of amides is 1. The number of carbonyl (C=O) groups is 1. The van der Waals surface area contributed by atoms with Crippen LogP contribution in [0.3, 0.4) is 0 Å². The van der Waals surface area contributed by atoms with Gasteiger partial charge in [0.2, 0.25) is 5.91 Å². The minimum atomic E-state index is -4.49. The second kappa shape index (κ2) is 8.12. The van der Waals surface area contributed by atoms with Crippen molar-refractivity contribution in [2.24, 2.45) is 5.92 Å². The zero-order valence-corrected chi connectivity index (χ0v) is 15.4. The van der Waals surface area contributed by atoms with Crippen LogP contribution in [0.15, 0.2) is 29.1 Å². The van der Waals surface area contributed by atoms with Crippen LogP contribution in [-0.2, 0) is 17.4 Å². The number of hydrogen-bond donors (Lipinski definition) is 1. The third-order valence-corrected chi connectivity index (χ3v) is 4.94. The summed E-state index contributed by atoms with van der Waals surface area (Å²) in [6.07, 6.45) is -2.27. The van der Waals surface area contributed by atoms with Crippen LogP contribution in [0.2, 0.25) is 0 Å². The standard InChI is InChI=1S/C19H21F3N4O2/c1-12-7-9-26(10-8-12)16(27)6-5-15-18(28)23-17(25-24-15)13-3-2-4-14(11-13)19(20,21)22/h2-4,11-12H,5-10H2,1H3,(H,23,25,28). The van der Waals surface area contributed by atoms with Crippen molar-refractivity contribution in [1.82, 2.24) is 20.1 Å². The van der Waals surface area contributed by atoms with Crippen LogP contribution in [0.1, 0.15) is 37.4 Å². The first kappa shape index (κ1) is 20.0. The Balaban J connectivity index is 1.68. The van der Waals surface area contributed by atoms with Crippen LogP contribution in [0.25, 0.3) is 11.4 Å². The number of hydrogen-bond acceptors (Lipinski definition) is 4. The first-order chi connectivity index (χ1) is 13.2. The van der Waals surface area contributed by atoms with E-state index in [1.807, 2.05) is 0 Å². The van der Waals surface area contributed by atoms with Gasteiger partial charge < -0.3 is 9.88 Å². The molecule has 1 aliphatic heterocycles. The molecule has 0 unspecified atom stereocenters. The Bertz CT molecular complexity index is 903. The van der Waals surface area contributed by atoms with Gasteiger partial charge in [-0.05, 0) is 30.9 Å². The number of benzene rings is 1. The highest BCUT2D eigenvalue weighted by atomic mass is 19.4. The fraction of sp³-hybridized carbons (Fsp3) is 0.474. The van der Waals surface area contributed by atoms with Crippen LogP contribution >= 0.6 is 0 Å². The van der Waals surface area contributed by atoms with Gasteiger partial charge in [-0.2, -0.15) is 13.2 Å². The van der Waals surface area contributed by atoms with Crippen LogP contribution in [-0.4, -0.2) is 39.1 Å². The molecular formula is C19H21F3N4O2. The second-order valence-electron chi connectivity index (χ2n) is 7.09. The lowest BCUT2D eigenvalue weighted by Crippen LogP contribution is -2.38. The molecular weight excluding hydrogens is 373 g/mol. The third kappa shape index (κ3) is 4.76. The Morgan fingerprint density at radius 1 is 1.25 bits per heavy atom. The number of alkyl halides is 3. The molecule has 0 radical (unpaired) electrons. The summed E-state index contributed by atoms with van der Waals surface area (Å²) in [6.45, 7) is 3.59. The van der Waals surface area contributed by atoms with Crippen molar-refractivity contribution in [3.8, 4) is 11.4 Å². The highest BCUT2D eigenvalue weighted by Crippen LogP contribution is 2.31.